The van der Waals surface area contributed by atoms with Crippen LogP contribution < -0.4 is 9.47 Å². The molecule has 0 radical (unpaired) electrons. The maximum atomic E-state index is 10.7. The van der Waals surface area contributed by atoms with Crippen molar-refractivity contribution in [1.29, 1.82) is 0 Å². The average Bonchev–Trinajstić information content (AvgIpc) is 2.16. The first-order valence-corrected chi connectivity index (χ1v) is 4.82. The Morgan fingerprint density at radius 1 is 1.36 bits per heavy atom. The van der Waals surface area contributed by atoms with Crippen LogP contribution in [0.25, 0.3) is 0 Å². The van der Waals surface area contributed by atoms with Gasteiger partial charge in [0.2, 0.25) is 0 Å². The van der Waals surface area contributed by atoms with Crippen molar-refractivity contribution < 1.29 is 19.4 Å². The molecule has 4 nitrogen and oxygen atoms in total. The Labute approximate surface area is 95.0 Å². The number of carboxylic acids is 1. The first-order valence-electron chi connectivity index (χ1n) is 3.75. The van der Waals surface area contributed by atoms with Crippen molar-refractivity contribution in [3.05, 3.63) is 21.3 Å². The predicted molar refractivity (Wildman–Crippen MR) is 59.2 cm³/mol. The Morgan fingerprint density at radius 3 is 2.43 bits per heavy atom. The van der Waals surface area contributed by atoms with Crippen LogP contribution in [0.1, 0.15) is 10.4 Å². The number of aromatic carboxylic acids is 1. The summed E-state index contributed by atoms with van der Waals surface area (Å²) in [6.45, 7) is 0. The zero-order valence-electron chi connectivity index (χ0n) is 7.70. The number of carboxylic acid groups (broad SMARTS) is 1. The molecular formula is C9H9IO4. The number of carbonyl (C=O) groups is 1. The van der Waals surface area contributed by atoms with Crippen LogP contribution in [0.3, 0.4) is 0 Å². The molecule has 0 aliphatic carbocycles. The van der Waals surface area contributed by atoms with Crippen LogP contribution >= 0.6 is 22.6 Å². The van der Waals surface area contributed by atoms with Gasteiger partial charge >= 0.3 is 5.97 Å². The molecule has 0 spiro atoms. The lowest BCUT2D eigenvalue weighted by Crippen LogP contribution is -2.00. The summed E-state index contributed by atoms with van der Waals surface area (Å²) in [6, 6.07) is 2.97. The second-order valence-electron chi connectivity index (χ2n) is 2.50. The summed E-state index contributed by atoms with van der Waals surface area (Å²) in [6.07, 6.45) is 0. The number of hydrogen-bond donors (Lipinski definition) is 1. The van der Waals surface area contributed by atoms with Gasteiger partial charge in [0.1, 0.15) is 0 Å². The van der Waals surface area contributed by atoms with Crippen LogP contribution in [-0.2, 0) is 0 Å². The molecule has 0 fully saturated rings. The highest BCUT2D eigenvalue weighted by molar-refractivity contribution is 14.1. The lowest BCUT2D eigenvalue weighted by Gasteiger charge is -2.10. The van der Waals surface area contributed by atoms with E-state index in [4.69, 9.17) is 14.6 Å². The zero-order valence-corrected chi connectivity index (χ0v) is 9.86. The van der Waals surface area contributed by atoms with Gasteiger partial charge in [-0.2, -0.15) is 0 Å². The molecule has 0 aromatic heterocycles. The maximum Gasteiger partial charge on any atom is 0.335 e. The second-order valence-corrected chi connectivity index (χ2v) is 3.66. The topological polar surface area (TPSA) is 55.8 Å². The third-order valence-electron chi connectivity index (χ3n) is 1.68. The summed E-state index contributed by atoms with van der Waals surface area (Å²) >= 11 is 2.00. The minimum Gasteiger partial charge on any atom is -0.493 e. The molecule has 0 aliphatic heterocycles. The summed E-state index contributed by atoms with van der Waals surface area (Å²) in [5, 5.41) is 8.79. The number of halogens is 1. The first-order chi connectivity index (χ1) is 6.60. The molecule has 76 valence electrons. The Kier molecular flexibility index (Phi) is 3.56. The third kappa shape index (κ3) is 2.09. The first kappa shape index (κ1) is 11.1. The molecule has 0 bridgehead atoms. The number of ether oxygens (including phenoxy) is 2. The van der Waals surface area contributed by atoms with Gasteiger partial charge in [-0.15, -0.1) is 0 Å². The van der Waals surface area contributed by atoms with Crippen molar-refractivity contribution in [3.8, 4) is 11.5 Å². The summed E-state index contributed by atoms with van der Waals surface area (Å²) < 4.78 is 10.8. The van der Waals surface area contributed by atoms with Crippen molar-refractivity contribution in [2.45, 2.75) is 0 Å². The molecule has 0 atom stereocenters. The van der Waals surface area contributed by atoms with E-state index in [0.29, 0.717) is 15.1 Å². The minimum atomic E-state index is -0.983. The molecule has 0 saturated carbocycles. The Hall–Kier alpha value is -0.980. The van der Waals surface area contributed by atoms with Gasteiger partial charge in [0.15, 0.2) is 11.5 Å². The fraction of sp³-hybridized carbons (Fsp3) is 0.222. The average molecular weight is 308 g/mol. The summed E-state index contributed by atoms with van der Waals surface area (Å²) in [5.41, 5.74) is 0.187. The minimum absolute atomic E-state index is 0.187. The molecule has 14 heavy (non-hydrogen) atoms. The molecule has 0 heterocycles. The highest BCUT2D eigenvalue weighted by atomic mass is 127. The van der Waals surface area contributed by atoms with E-state index in [0.717, 1.165) is 0 Å². The van der Waals surface area contributed by atoms with Crippen molar-refractivity contribution in [2.24, 2.45) is 0 Å². The van der Waals surface area contributed by atoms with Gasteiger partial charge in [0.25, 0.3) is 0 Å². The largest absolute Gasteiger partial charge is 0.493 e. The Morgan fingerprint density at radius 2 is 2.00 bits per heavy atom. The van der Waals surface area contributed by atoms with Crippen LogP contribution in [-0.4, -0.2) is 25.3 Å². The van der Waals surface area contributed by atoms with Gasteiger partial charge in [-0.1, -0.05) is 0 Å². The standard InChI is InChI=1S/C9H9IO4/c1-13-7-4-5(9(11)12)3-6(10)8(7)14-2/h3-4H,1-2H3,(H,11,12). The van der Waals surface area contributed by atoms with E-state index in [1.54, 1.807) is 0 Å². The van der Waals surface area contributed by atoms with E-state index in [1.165, 1.54) is 26.4 Å². The summed E-state index contributed by atoms with van der Waals surface area (Å²) in [7, 11) is 2.99. The monoisotopic (exact) mass is 308 g/mol. The van der Waals surface area contributed by atoms with E-state index >= 15 is 0 Å². The van der Waals surface area contributed by atoms with Crippen molar-refractivity contribution in [3.63, 3.8) is 0 Å². The van der Waals surface area contributed by atoms with Gasteiger partial charge in [0.05, 0.1) is 23.4 Å². The van der Waals surface area contributed by atoms with E-state index in [1.807, 2.05) is 22.6 Å². The van der Waals surface area contributed by atoms with Crippen LogP contribution in [0.2, 0.25) is 0 Å². The van der Waals surface area contributed by atoms with Gasteiger partial charge in [0, 0.05) is 0 Å². The SMILES string of the molecule is COc1cc(C(=O)O)cc(I)c1OC. The molecule has 0 aliphatic rings. The van der Waals surface area contributed by atoms with Gasteiger partial charge in [-0.05, 0) is 34.7 Å². The van der Waals surface area contributed by atoms with E-state index in [-0.39, 0.29) is 5.56 Å². The van der Waals surface area contributed by atoms with Crippen LogP contribution in [0, 0.1) is 3.57 Å². The fourth-order valence-electron chi connectivity index (χ4n) is 1.04. The fourth-order valence-corrected chi connectivity index (χ4v) is 1.86. The van der Waals surface area contributed by atoms with E-state index < -0.39 is 5.97 Å². The molecular weight excluding hydrogens is 299 g/mol. The lowest BCUT2D eigenvalue weighted by molar-refractivity contribution is 0.0696. The van der Waals surface area contributed by atoms with Gasteiger partial charge in [-0.3, -0.25) is 0 Å². The summed E-state index contributed by atoms with van der Waals surface area (Å²) in [4.78, 5) is 10.7. The van der Waals surface area contributed by atoms with Gasteiger partial charge < -0.3 is 14.6 Å². The van der Waals surface area contributed by atoms with Crippen molar-refractivity contribution in [1.82, 2.24) is 0 Å². The predicted octanol–water partition coefficient (Wildman–Crippen LogP) is 2.01. The quantitative estimate of drug-likeness (QED) is 0.868. The molecule has 1 N–H and O–H groups in total. The zero-order chi connectivity index (χ0) is 10.7. The van der Waals surface area contributed by atoms with Crippen LogP contribution in [0.5, 0.6) is 11.5 Å². The molecule has 0 amide bonds. The highest BCUT2D eigenvalue weighted by Crippen LogP contribution is 2.33. The van der Waals surface area contributed by atoms with E-state index in [2.05, 4.69) is 0 Å². The molecule has 5 heteroatoms. The van der Waals surface area contributed by atoms with Crippen molar-refractivity contribution >= 4 is 28.6 Å². The Balaban J connectivity index is 3.31. The molecule has 0 saturated heterocycles. The van der Waals surface area contributed by atoms with Crippen LogP contribution in [0.15, 0.2) is 12.1 Å². The summed E-state index contributed by atoms with van der Waals surface area (Å²) in [5.74, 6) is -0.00114. The number of hydrogen-bond acceptors (Lipinski definition) is 3. The smallest absolute Gasteiger partial charge is 0.335 e. The third-order valence-corrected chi connectivity index (χ3v) is 2.48. The number of benzene rings is 1. The van der Waals surface area contributed by atoms with Crippen molar-refractivity contribution in [2.75, 3.05) is 14.2 Å². The molecule has 1 aromatic carbocycles. The van der Waals surface area contributed by atoms with Crippen LogP contribution in [0.4, 0.5) is 0 Å². The maximum absolute atomic E-state index is 10.7. The van der Waals surface area contributed by atoms with E-state index in [9.17, 15) is 4.79 Å². The highest BCUT2D eigenvalue weighted by Gasteiger charge is 2.13. The number of methoxy groups -OCH3 is 2. The molecule has 1 aromatic rings. The Bertz CT molecular complexity index is 362. The second kappa shape index (κ2) is 4.50. The lowest BCUT2D eigenvalue weighted by atomic mass is 10.2. The molecule has 0 unspecified atom stereocenters. The molecule has 1 rings (SSSR count). The number of rotatable bonds is 3. The normalized spacial score (nSPS) is 9.64. The van der Waals surface area contributed by atoms with Gasteiger partial charge in [-0.25, -0.2) is 4.79 Å².